The number of imidazole rings is 2. The number of H-pyrrole nitrogens is 1. The van der Waals surface area contributed by atoms with E-state index in [2.05, 4.69) is 24.8 Å². The Labute approximate surface area is 275 Å². The second-order valence-corrected chi connectivity index (χ2v) is 11.8. The molecule has 1 saturated heterocycles. The molecule has 248 valence electrons. The number of methoxy groups -OCH3 is 2. The number of fused-ring (bicyclic) bond motifs is 2. The second kappa shape index (κ2) is 13.2. The quantitative estimate of drug-likeness (QED) is 0.192. The maximum atomic E-state index is 14.2. The van der Waals surface area contributed by atoms with Crippen LogP contribution in [0, 0.1) is 0 Å². The van der Waals surface area contributed by atoms with E-state index < -0.39 is 12.0 Å². The molecule has 1 aliphatic rings. The summed E-state index contributed by atoms with van der Waals surface area (Å²) in [5, 5.41) is 0.967. The fourth-order valence-corrected chi connectivity index (χ4v) is 6.42. The van der Waals surface area contributed by atoms with Crippen LogP contribution in [0.1, 0.15) is 23.4 Å². The van der Waals surface area contributed by atoms with Gasteiger partial charge in [0.2, 0.25) is 11.7 Å². The van der Waals surface area contributed by atoms with Crippen molar-refractivity contribution in [2.45, 2.75) is 25.2 Å². The fraction of sp³-hybridized carbons (Fsp3) is 0.314. The first-order valence-electron chi connectivity index (χ1n) is 15.8. The van der Waals surface area contributed by atoms with Crippen molar-refractivity contribution >= 4 is 21.9 Å². The molecular formula is C35H35F3N8O2. The second-order valence-electron chi connectivity index (χ2n) is 11.8. The number of hydrogen-bond acceptors (Lipinski definition) is 8. The topological polar surface area (TPSA) is 97.2 Å². The molecule has 1 fully saturated rings. The van der Waals surface area contributed by atoms with Crippen LogP contribution in [-0.4, -0.2) is 86.2 Å². The summed E-state index contributed by atoms with van der Waals surface area (Å²) in [5.41, 5.74) is 4.00. The number of halogens is 3. The lowest BCUT2D eigenvalue weighted by molar-refractivity contribution is -0.147. The molecule has 6 aromatic rings. The van der Waals surface area contributed by atoms with Gasteiger partial charge in [-0.3, -0.25) is 14.8 Å². The first-order valence-corrected chi connectivity index (χ1v) is 15.8. The van der Waals surface area contributed by atoms with Crippen LogP contribution in [0.5, 0.6) is 11.6 Å². The van der Waals surface area contributed by atoms with Crippen molar-refractivity contribution < 1.29 is 22.6 Å². The number of rotatable bonds is 10. The van der Waals surface area contributed by atoms with Crippen LogP contribution < -0.4 is 9.47 Å². The third kappa shape index (κ3) is 6.43. The monoisotopic (exact) mass is 656 g/mol. The average molecular weight is 657 g/mol. The number of pyridine rings is 2. The molecule has 1 aliphatic heterocycles. The zero-order valence-corrected chi connectivity index (χ0v) is 26.6. The Morgan fingerprint density at radius 2 is 1.73 bits per heavy atom. The molecule has 0 spiro atoms. The number of nitrogens with one attached hydrogen (secondary N) is 1. The van der Waals surface area contributed by atoms with E-state index in [1.54, 1.807) is 37.7 Å². The standard InChI is InChI=1S/C35H35F3N8O2/c1-47-25-10-11-28-30(20-25)46(34(43-28)35(36,37)38)18-17-45-16-15-44(14-12-24-8-5-6-13-39-24)22-31(45)32-40-21-29(41-32)26-19-23-7-3-4-9-27(23)42-33(26)48-2/h3-11,13,19-21,31H,12,14-18,22H2,1-2H3,(H,40,41)/t31-/m0/s1. The number of aromatic amines is 1. The maximum Gasteiger partial charge on any atom is 0.449 e. The van der Waals surface area contributed by atoms with Crippen LogP contribution in [0.15, 0.2) is 79.1 Å². The Morgan fingerprint density at radius 3 is 2.52 bits per heavy atom. The van der Waals surface area contributed by atoms with E-state index in [0.29, 0.717) is 36.8 Å². The number of benzene rings is 2. The van der Waals surface area contributed by atoms with Gasteiger partial charge in [0.05, 0.1) is 54.3 Å². The molecule has 1 N–H and O–H groups in total. The van der Waals surface area contributed by atoms with Crippen molar-refractivity contribution in [1.29, 1.82) is 0 Å². The summed E-state index contributed by atoms with van der Waals surface area (Å²) in [6.45, 7) is 3.25. The minimum atomic E-state index is -4.61. The Balaban J connectivity index is 1.19. The fourth-order valence-electron chi connectivity index (χ4n) is 6.42. The maximum absolute atomic E-state index is 14.2. The molecule has 0 amide bonds. The number of aromatic nitrogens is 6. The van der Waals surface area contributed by atoms with Crippen LogP contribution in [0.25, 0.3) is 33.2 Å². The summed E-state index contributed by atoms with van der Waals surface area (Å²) >= 11 is 0. The van der Waals surface area contributed by atoms with Gasteiger partial charge < -0.3 is 19.0 Å². The molecule has 0 saturated carbocycles. The molecule has 7 rings (SSSR count). The van der Waals surface area contributed by atoms with E-state index in [1.807, 2.05) is 48.5 Å². The van der Waals surface area contributed by atoms with E-state index >= 15 is 0 Å². The van der Waals surface area contributed by atoms with Crippen LogP contribution in [0.3, 0.4) is 0 Å². The Morgan fingerprint density at radius 1 is 0.875 bits per heavy atom. The molecule has 0 radical (unpaired) electrons. The zero-order chi connectivity index (χ0) is 33.3. The molecule has 0 bridgehead atoms. The Hall–Kier alpha value is -5.01. The molecule has 0 aliphatic carbocycles. The van der Waals surface area contributed by atoms with Gasteiger partial charge in [0.25, 0.3) is 0 Å². The van der Waals surface area contributed by atoms with Gasteiger partial charge in [-0.2, -0.15) is 13.2 Å². The molecular weight excluding hydrogens is 621 g/mol. The molecule has 0 unspecified atom stereocenters. The molecule has 13 heteroatoms. The number of piperazine rings is 1. The smallest absolute Gasteiger partial charge is 0.449 e. The lowest BCUT2D eigenvalue weighted by Crippen LogP contribution is -2.50. The van der Waals surface area contributed by atoms with E-state index in [4.69, 9.17) is 19.4 Å². The first-order chi connectivity index (χ1) is 23.3. The lowest BCUT2D eigenvalue weighted by atomic mass is 10.1. The highest BCUT2D eigenvalue weighted by Crippen LogP contribution is 2.35. The summed E-state index contributed by atoms with van der Waals surface area (Å²) in [6, 6.07) is 20.3. The first kappa shape index (κ1) is 31.6. The van der Waals surface area contributed by atoms with Gasteiger partial charge in [-0.15, -0.1) is 0 Å². The van der Waals surface area contributed by atoms with Gasteiger partial charge in [0, 0.05) is 69.0 Å². The third-order valence-electron chi connectivity index (χ3n) is 8.89. The van der Waals surface area contributed by atoms with Gasteiger partial charge in [0.1, 0.15) is 11.6 Å². The van der Waals surface area contributed by atoms with Gasteiger partial charge >= 0.3 is 6.18 Å². The van der Waals surface area contributed by atoms with Gasteiger partial charge in [0.15, 0.2) is 0 Å². The van der Waals surface area contributed by atoms with Crippen LogP contribution in [0.2, 0.25) is 0 Å². The number of hydrogen-bond donors (Lipinski definition) is 1. The highest BCUT2D eigenvalue weighted by Gasteiger charge is 2.38. The molecule has 5 heterocycles. The summed E-state index contributed by atoms with van der Waals surface area (Å²) in [5.74, 6) is 0.741. The number of para-hydroxylation sites is 1. The van der Waals surface area contributed by atoms with Gasteiger partial charge in [-0.25, -0.2) is 15.0 Å². The summed E-state index contributed by atoms with van der Waals surface area (Å²) in [7, 11) is 3.08. The molecule has 1 atom stereocenters. The summed E-state index contributed by atoms with van der Waals surface area (Å²) < 4.78 is 54.8. The Bertz CT molecular complexity index is 2030. The highest BCUT2D eigenvalue weighted by atomic mass is 19.4. The normalized spacial score (nSPS) is 16.1. The zero-order valence-electron chi connectivity index (χ0n) is 26.6. The van der Waals surface area contributed by atoms with Crippen LogP contribution in [-0.2, 0) is 19.1 Å². The minimum Gasteiger partial charge on any atom is -0.497 e. The largest absolute Gasteiger partial charge is 0.497 e. The predicted octanol–water partition coefficient (Wildman–Crippen LogP) is 6.01. The van der Waals surface area contributed by atoms with Gasteiger partial charge in [-0.1, -0.05) is 24.3 Å². The minimum absolute atomic E-state index is 0.0823. The molecule has 2 aromatic carbocycles. The number of nitrogens with zero attached hydrogens (tertiary/aromatic N) is 7. The van der Waals surface area contributed by atoms with Crippen LogP contribution >= 0.6 is 0 Å². The Kier molecular flexibility index (Phi) is 8.71. The third-order valence-corrected chi connectivity index (χ3v) is 8.89. The lowest BCUT2D eigenvalue weighted by Gasteiger charge is -2.40. The van der Waals surface area contributed by atoms with E-state index in [-0.39, 0.29) is 18.1 Å². The molecule has 4 aromatic heterocycles. The van der Waals surface area contributed by atoms with E-state index in [9.17, 15) is 13.2 Å². The summed E-state index contributed by atoms with van der Waals surface area (Å²) in [6.07, 6.45) is -0.263. The molecule has 48 heavy (non-hydrogen) atoms. The molecule has 10 nitrogen and oxygen atoms in total. The number of ether oxygens (including phenoxy) is 2. The van der Waals surface area contributed by atoms with Crippen molar-refractivity contribution in [3.05, 3.63) is 96.5 Å². The van der Waals surface area contributed by atoms with Crippen molar-refractivity contribution in [2.75, 3.05) is 46.9 Å². The van der Waals surface area contributed by atoms with Crippen molar-refractivity contribution in [3.63, 3.8) is 0 Å². The van der Waals surface area contributed by atoms with Gasteiger partial charge in [-0.05, 0) is 36.4 Å². The van der Waals surface area contributed by atoms with Crippen molar-refractivity contribution in [2.24, 2.45) is 0 Å². The summed E-state index contributed by atoms with van der Waals surface area (Å²) in [4.78, 5) is 26.0. The highest BCUT2D eigenvalue weighted by molar-refractivity contribution is 5.85. The number of alkyl halides is 3. The predicted molar refractivity (Wildman–Crippen MR) is 176 cm³/mol. The SMILES string of the molecule is COc1ccc2nc(C(F)(F)F)n(CCN3CCN(CCc4ccccn4)C[C@H]3c3ncc(-c4cc5ccccc5nc4OC)[nH]3)c2c1. The van der Waals surface area contributed by atoms with E-state index in [1.165, 1.54) is 11.7 Å². The van der Waals surface area contributed by atoms with Crippen molar-refractivity contribution in [3.8, 4) is 22.9 Å². The van der Waals surface area contributed by atoms with E-state index in [0.717, 1.165) is 53.2 Å². The van der Waals surface area contributed by atoms with Crippen molar-refractivity contribution in [1.82, 2.24) is 39.3 Å². The van der Waals surface area contributed by atoms with Crippen LogP contribution in [0.4, 0.5) is 13.2 Å². The average Bonchev–Trinajstić information content (AvgIpc) is 3.75.